The van der Waals surface area contributed by atoms with Crippen LogP contribution in [0.5, 0.6) is 0 Å². The number of carbonyl (C=O) groups excluding carboxylic acids is 1. The molecule has 2 amide bonds. The molecule has 0 aliphatic rings. The molecule has 0 aliphatic heterocycles. The van der Waals surface area contributed by atoms with Gasteiger partial charge in [0, 0.05) is 6.54 Å². The molecule has 0 unspecified atom stereocenters. The fourth-order valence-electron chi connectivity index (χ4n) is 2.44. The van der Waals surface area contributed by atoms with E-state index in [0.717, 1.165) is 17.2 Å². The minimum atomic E-state index is -4.57. The Labute approximate surface area is 155 Å². The van der Waals surface area contributed by atoms with Gasteiger partial charge in [0.2, 0.25) is 0 Å². The SMILES string of the molecule is Cc1ccc([C@H](CNC(=O)Nc2ccccc2C(F)(F)F)OCCO)cc1. The topological polar surface area (TPSA) is 70.6 Å². The van der Waals surface area contributed by atoms with E-state index in [2.05, 4.69) is 10.6 Å². The van der Waals surface area contributed by atoms with Crippen molar-refractivity contribution in [2.75, 3.05) is 25.1 Å². The summed E-state index contributed by atoms with van der Waals surface area (Å²) in [6.45, 7) is 1.84. The average molecular weight is 382 g/mol. The van der Waals surface area contributed by atoms with Crippen LogP contribution in [0.2, 0.25) is 0 Å². The highest BCUT2D eigenvalue weighted by atomic mass is 19.4. The normalized spacial score (nSPS) is 12.5. The van der Waals surface area contributed by atoms with Crippen molar-refractivity contribution in [3.8, 4) is 0 Å². The lowest BCUT2D eigenvalue weighted by Crippen LogP contribution is -2.34. The number of anilines is 1. The number of hydrogen-bond acceptors (Lipinski definition) is 3. The molecule has 1 atom stereocenters. The van der Waals surface area contributed by atoms with E-state index in [1.54, 1.807) is 0 Å². The third kappa shape index (κ3) is 6.26. The Kier molecular flexibility index (Phi) is 7.20. The Bertz CT molecular complexity index is 749. The zero-order valence-corrected chi connectivity index (χ0v) is 14.7. The number of alkyl halides is 3. The summed E-state index contributed by atoms with van der Waals surface area (Å²) in [6, 6.07) is 11.4. The number of rotatable bonds is 7. The van der Waals surface area contributed by atoms with Gasteiger partial charge in [-0.3, -0.25) is 0 Å². The first-order chi connectivity index (χ1) is 12.8. The minimum Gasteiger partial charge on any atom is -0.394 e. The summed E-state index contributed by atoms with van der Waals surface area (Å²) in [6.07, 6.45) is -5.11. The first kappa shape index (κ1) is 20.7. The number of hydrogen-bond donors (Lipinski definition) is 3. The summed E-state index contributed by atoms with van der Waals surface area (Å²) in [5, 5.41) is 13.7. The number of carbonyl (C=O) groups is 1. The van der Waals surface area contributed by atoms with Gasteiger partial charge in [0.1, 0.15) is 0 Å². The van der Waals surface area contributed by atoms with Gasteiger partial charge in [-0.1, -0.05) is 42.0 Å². The lowest BCUT2D eigenvalue weighted by molar-refractivity contribution is -0.136. The smallest absolute Gasteiger partial charge is 0.394 e. The first-order valence-corrected chi connectivity index (χ1v) is 8.31. The van der Waals surface area contributed by atoms with Gasteiger partial charge >= 0.3 is 12.2 Å². The first-order valence-electron chi connectivity index (χ1n) is 8.31. The summed E-state index contributed by atoms with van der Waals surface area (Å²) in [5.41, 5.74) is 0.580. The van der Waals surface area contributed by atoms with Gasteiger partial charge in [-0.25, -0.2) is 4.79 Å². The number of aryl methyl sites for hydroxylation is 1. The standard InChI is InChI=1S/C19H21F3N2O3/c1-13-6-8-14(9-7-13)17(27-11-10-25)12-23-18(26)24-16-5-3-2-4-15(16)19(20,21)22/h2-9,17,25H,10-12H2,1H3,(H2,23,24,26)/t17-/m0/s1. The highest BCUT2D eigenvalue weighted by molar-refractivity contribution is 5.90. The van der Waals surface area contributed by atoms with Crippen molar-refractivity contribution in [2.24, 2.45) is 0 Å². The molecule has 2 rings (SSSR count). The van der Waals surface area contributed by atoms with Crippen LogP contribution < -0.4 is 10.6 Å². The summed E-state index contributed by atoms with van der Waals surface area (Å²) in [5.74, 6) is 0. The molecule has 0 radical (unpaired) electrons. The Hall–Kier alpha value is -2.58. The molecule has 146 valence electrons. The Morgan fingerprint density at radius 3 is 2.44 bits per heavy atom. The average Bonchev–Trinajstić information content (AvgIpc) is 2.62. The fraction of sp³-hybridized carbons (Fsp3) is 0.316. The van der Waals surface area contributed by atoms with E-state index in [4.69, 9.17) is 9.84 Å². The van der Waals surface area contributed by atoms with Crippen molar-refractivity contribution >= 4 is 11.7 Å². The van der Waals surface area contributed by atoms with E-state index in [0.29, 0.717) is 0 Å². The van der Waals surface area contributed by atoms with Crippen LogP contribution in [0.25, 0.3) is 0 Å². The third-order valence-corrected chi connectivity index (χ3v) is 3.79. The van der Waals surface area contributed by atoms with Crippen LogP contribution in [0.15, 0.2) is 48.5 Å². The highest BCUT2D eigenvalue weighted by Crippen LogP contribution is 2.34. The van der Waals surface area contributed by atoms with Crippen LogP contribution in [0.1, 0.15) is 22.8 Å². The highest BCUT2D eigenvalue weighted by Gasteiger charge is 2.33. The maximum atomic E-state index is 13.0. The van der Waals surface area contributed by atoms with Gasteiger partial charge in [0.25, 0.3) is 0 Å². The maximum Gasteiger partial charge on any atom is 0.418 e. The zero-order chi connectivity index (χ0) is 19.9. The van der Waals surface area contributed by atoms with E-state index in [9.17, 15) is 18.0 Å². The van der Waals surface area contributed by atoms with Crippen molar-refractivity contribution in [1.29, 1.82) is 0 Å². The predicted molar refractivity (Wildman–Crippen MR) is 95.4 cm³/mol. The van der Waals surface area contributed by atoms with Crippen LogP contribution in [-0.2, 0) is 10.9 Å². The number of benzene rings is 2. The number of aliphatic hydroxyl groups is 1. The van der Waals surface area contributed by atoms with E-state index >= 15 is 0 Å². The van der Waals surface area contributed by atoms with Gasteiger partial charge in [-0.05, 0) is 24.6 Å². The molecule has 2 aromatic rings. The summed E-state index contributed by atoms with van der Waals surface area (Å²) < 4.78 is 44.5. The third-order valence-electron chi connectivity index (χ3n) is 3.79. The molecule has 2 aromatic carbocycles. The van der Waals surface area contributed by atoms with Crippen molar-refractivity contribution in [1.82, 2.24) is 5.32 Å². The number of aliphatic hydroxyl groups excluding tert-OH is 1. The Morgan fingerprint density at radius 1 is 1.15 bits per heavy atom. The zero-order valence-electron chi connectivity index (χ0n) is 14.7. The van der Waals surface area contributed by atoms with Crippen molar-refractivity contribution in [2.45, 2.75) is 19.2 Å². The quantitative estimate of drug-likeness (QED) is 0.681. The van der Waals surface area contributed by atoms with Crippen LogP contribution in [0, 0.1) is 6.92 Å². The van der Waals surface area contributed by atoms with E-state index in [1.165, 1.54) is 18.2 Å². The van der Waals surface area contributed by atoms with Gasteiger partial charge in [-0.2, -0.15) is 13.2 Å². The number of para-hydroxylation sites is 1. The summed E-state index contributed by atoms with van der Waals surface area (Å²) >= 11 is 0. The second-order valence-electron chi connectivity index (χ2n) is 5.87. The Balaban J connectivity index is 2.02. The molecule has 3 N–H and O–H groups in total. The van der Waals surface area contributed by atoms with Gasteiger partial charge < -0.3 is 20.5 Å². The lowest BCUT2D eigenvalue weighted by Gasteiger charge is -2.19. The maximum absolute atomic E-state index is 13.0. The van der Waals surface area contributed by atoms with Crippen molar-refractivity contribution in [3.05, 3.63) is 65.2 Å². The molecule has 5 nitrogen and oxygen atoms in total. The summed E-state index contributed by atoms with van der Waals surface area (Å²) in [4.78, 5) is 12.1. The van der Waals surface area contributed by atoms with Crippen LogP contribution >= 0.6 is 0 Å². The van der Waals surface area contributed by atoms with Gasteiger partial charge in [0.15, 0.2) is 0 Å². The number of halogens is 3. The van der Waals surface area contributed by atoms with Crippen LogP contribution in [-0.4, -0.2) is 30.9 Å². The molecule has 0 heterocycles. The molecule has 0 saturated heterocycles. The molecule has 8 heteroatoms. The molecular weight excluding hydrogens is 361 g/mol. The van der Waals surface area contributed by atoms with E-state index in [-0.39, 0.29) is 25.4 Å². The minimum absolute atomic E-state index is 0.0308. The van der Waals surface area contributed by atoms with Crippen LogP contribution in [0.4, 0.5) is 23.7 Å². The largest absolute Gasteiger partial charge is 0.418 e. The number of ether oxygens (including phenoxy) is 1. The lowest BCUT2D eigenvalue weighted by atomic mass is 10.1. The molecule has 0 aromatic heterocycles. The predicted octanol–water partition coefficient (Wildman–Crippen LogP) is 3.89. The molecule has 0 aliphatic carbocycles. The molecular formula is C19H21F3N2O3. The molecule has 0 bridgehead atoms. The summed E-state index contributed by atoms with van der Waals surface area (Å²) in [7, 11) is 0. The number of nitrogens with one attached hydrogen (secondary N) is 2. The molecule has 0 fully saturated rings. The monoisotopic (exact) mass is 382 g/mol. The number of urea groups is 1. The van der Waals surface area contributed by atoms with Gasteiger partial charge in [0.05, 0.1) is 30.6 Å². The second kappa shape index (κ2) is 9.38. The second-order valence-corrected chi connectivity index (χ2v) is 5.87. The van der Waals surface area contributed by atoms with Crippen LogP contribution in [0.3, 0.4) is 0 Å². The molecule has 0 spiro atoms. The molecule has 27 heavy (non-hydrogen) atoms. The van der Waals surface area contributed by atoms with Gasteiger partial charge in [-0.15, -0.1) is 0 Å². The van der Waals surface area contributed by atoms with Crippen molar-refractivity contribution < 1.29 is 27.8 Å². The van der Waals surface area contributed by atoms with E-state index in [1.807, 2.05) is 31.2 Å². The van der Waals surface area contributed by atoms with E-state index < -0.39 is 23.9 Å². The number of amides is 2. The van der Waals surface area contributed by atoms with Crippen molar-refractivity contribution in [3.63, 3.8) is 0 Å². The molecule has 0 saturated carbocycles. The Morgan fingerprint density at radius 2 is 1.81 bits per heavy atom. The fourth-order valence-corrected chi connectivity index (χ4v) is 2.44.